The predicted octanol–water partition coefficient (Wildman–Crippen LogP) is 18.3. The number of rotatable bonds is 10. The molecule has 1 unspecified atom stereocenters. The highest BCUT2D eigenvalue weighted by Crippen LogP contribution is 2.53. The van der Waals surface area contributed by atoms with Gasteiger partial charge in [0.15, 0.2) is 0 Å². The van der Waals surface area contributed by atoms with Crippen LogP contribution in [0, 0.1) is 0 Å². The molecule has 0 saturated carbocycles. The van der Waals surface area contributed by atoms with Gasteiger partial charge in [-0.05, 0) is 112 Å². The fourth-order valence-electron chi connectivity index (χ4n) is 11.4. The van der Waals surface area contributed by atoms with Gasteiger partial charge in [-0.15, -0.1) is 0 Å². The number of unbranched alkanes of at least 4 members (excludes halogenated alkanes) is 3. The van der Waals surface area contributed by atoms with Gasteiger partial charge in [0.2, 0.25) is 0 Å². The molecule has 10 aromatic carbocycles. The summed E-state index contributed by atoms with van der Waals surface area (Å²) >= 11 is 0. The molecule has 0 N–H and O–H groups in total. The third kappa shape index (κ3) is 6.56. The van der Waals surface area contributed by atoms with E-state index in [1.54, 1.807) is 0 Å². The van der Waals surface area contributed by atoms with Crippen molar-refractivity contribution in [1.82, 2.24) is 4.98 Å². The lowest BCUT2D eigenvalue weighted by Gasteiger charge is -2.28. The van der Waals surface area contributed by atoms with Gasteiger partial charge in [0.1, 0.15) is 0 Å². The molecule has 66 heavy (non-hydrogen) atoms. The van der Waals surface area contributed by atoms with Crippen molar-refractivity contribution in [3.05, 3.63) is 223 Å². The Hall–Kier alpha value is -7.61. The third-order valence-electron chi connectivity index (χ3n) is 14.7. The maximum absolute atomic E-state index is 5.64. The maximum Gasteiger partial charge on any atom is 0.0794 e. The number of benzene rings is 10. The van der Waals surface area contributed by atoms with Gasteiger partial charge in [-0.1, -0.05) is 240 Å². The summed E-state index contributed by atoms with van der Waals surface area (Å²) in [6, 6.07) is 78.7. The summed E-state index contributed by atoms with van der Waals surface area (Å²) in [7, 11) is 0. The Labute approximate surface area is 388 Å². The molecule has 0 aliphatic heterocycles. The highest BCUT2D eigenvalue weighted by atomic mass is 14.7. The molecule has 12 rings (SSSR count). The lowest BCUT2D eigenvalue weighted by atomic mass is 9.75. The minimum Gasteiger partial charge on any atom is -0.247 e. The molecular formula is C65H51N. The molecule has 1 aliphatic carbocycles. The van der Waals surface area contributed by atoms with Gasteiger partial charge in [0.25, 0.3) is 0 Å². The molecule has 1 atom stereocenters. The SMILES string of the molecule is CCCCCCC1(C)c2ccccc2-c2ccc(-c3cc(-c4ccccc4)c4cccc(-c5ccc(-c6c7ccccc7c(-c7cccc8ccccc78)c7ccccc67)cc5)c4n3)cc21. The summed E-state index contributed by atoms with van der Waals surface area (Å²) < 4.78 is 0. The average molecular weight is 846 g/mol. The Bertz CT molecular complexity index is 3570. The first-order valence-corrected chi connectivity index (χ1v) is 23.9. The first-order valence-electron chi connectivity index (χ1n) is 23.9. The fourth-order valence-corrected chi connectivity index (χ4v) is 11.4. The average Bonchev–Trinajstić information content (AvgIpc) is 3.63. The monoisotopic (exact) mass is 845 g/mol. The van der Waals surface area contributed by atoms with E-state index in [1.165, 1.54) is 114 Å². The predicted molar refractivity (Wildman–Crippen MR) is 282 cm³/mol. The van der Waals surface area contributed by atoms with E-state index in [9.17, 15) is 0 Å². The van der Waals surface area contributed by atoms with Crippen molar-refractivity contribution in [2.45, 2.75) is 51.4 Å². The van der Waals surface area contributed by atoms with Gasteiger partial charge < -0.3 is 0 Å². The third-order valence-corrected chi connectivity index (χ3v) is 14.7. The Morgan fingerprint density at radius 3 is 1.67 bits per heavy atom. The summed E-state index contributed by atoms with van der Waals surface area (Å²) in [5.41, 5.74) is 18.4. The summed E-state index contributed by atoms with van der Waals surface area (Å²) in [5, 5.41) is 8.71. The van der Waals surface area contributed by atoms with Crippen molar-refractivity contribution in [3.8, 4) is 66.9 Å². The smallest absolute Gasteiger partial charge is 0.0794 e. The lowest BCUT2D eigenvalue weighted by Crippen LogP contribution is -2.20. The van der Waals surface area contributed by atoms with Crippen molar-refractivity contribution in [1.29, 1.82) is 0 Å². The Morgan fingerprint density at radius 1 is 0.364 bits per heavy atom. The van der Waals surface area contributed by atoms with Crippen LogP contribution in [0.1, 0.15) is 57.1 Å². The largest absolute Gasteiger partial charge is 0.247 e. The minimum atomic E-state index is -0.0470. The summed E-state index contributed by atoms with van der Waals surface area (Å²) in [6.07, 6.45) is 6.16. The van der Waals surface area contributed by atoms with Crippen LogP contribution in [0.15, 0.2) is 212 Å². The van der Waals surface area contributed by atoms with Crippen LogP contribution in [-0.4, -0.2) is 4.98 Å². The number of hydrogen-bond donors (Lipinski definition) is 0. The number of aromatic nitrogens is 1. The molecule has 1 nitrogen and oxygen atoms in total. The minimum absolute atomic E-state index is 0.0470. The number of nitrogens with zero attached hydrogens (tertiary/aromatic N) is 1. The van der Waals surface area contributed by atoms with Crippen LogP contribution >= 0.6 is 0 Å². The van der Waals surface area contributed by atoms with Crippen LogP contribution in [-0.2, 0) is 5.41 Å². The molecule has 0 spiro atoms. The molecule has 1 aliphatic rings. The van der Waals surface area contributed by atoms with Crippen LogP contribution in [0.3, 0.4) is 0 Å². The van der Waals surface area contributed by atoms with Crippen molar-refractivity contribution in [2.75, 3.05) is 0 Å². The zero-order valence-corrected chi connectivity index (χ0v) is 37.7. The Morgan fingerprint density at radius 2 is 0.909 bits per heavy atom. The van der Waals surface area contributed by atoms with E-state index in [2.05, 4.69) is 226 Å². The van der Waals surface area contributed by atoms with Gasteiger partial charge in [0, 0.05) is 21.9 Å². The maximum atomic E-state index is 5.64. The lowest BCUT2D eigenvalue weighted by molar-refractivity contribution is 0.487. The first kappa shape index (κ1) is 39.9. The standard InChI is InChI=1S/C65H51N/c1-3-4-5-17-40-65(2)59-33-16-15-25-50(59)51-39-38-47(41-60(51)65)61-42-58(44-20-7-6-8-21-44)57-32-19-30-49(64(57)66-61)45-34-36-46(37-35-45)62-53-26-11-13-28-55(53)63(56-29-14-12-27-54(56)62)52-31-18-23-43-22-9-10-24-48(43)52/h6-16,18-39,41-42H,3-5,17,40H2,1-2H3. The number of hydrogen-bond acceptors (Lipinski definition) is 1. The van der Waals surface area contributed by atoms with Gasteiger partial charge >= 0.3 is 0 Å². The molecule has 0 fully saturated rings. The normalized spacial score (nSPS) is 14.3. The second-order valence-electron chi connectivity index (χ2n) is 18.5. The van der Waals surface area contributed by atoms with Crippen LogP contribution < -0.4 is 0 Å². The van der Waals surface area contributed by atoms with Crippen LogP contribution in [0.5, 0.6) is 0 Å². The van der Waals surface area contributed by atoms with E-state index in [0.29, 0.717) is 0 Å². The molecule has 0 bridgehead atoms. The molecule has 1 heteroatoms. The van der Waals surface area contributed by atoms with Gasteiger partial charge in [-0.3, -0.25) is 0 Å². The van der Waals surface area contributed by atoms with E-state index in [-0.39, 0.29) is 5.41 Å². The van der Waals surface area contributed by atoms with Crippen LogP contribution in [0.2, 0.25) is 0 Å². The van der Waals surface area contributed by atoms with Crippen LogP contribution in [0.4, 0.5) is 0 Å². The molecular weight excluding hydrogens is 795 g/mol. The molecule has 0 radical (unpaired) electrons. The van der Waals surface area contributed by atoms with E-state index in [4.69, 9.17) is 4.98 Å². The molecule has 316 valence electrons. The molecule has 11 aromatic rings. The summed E-state index contributed by atoms with van der Waals surface area (Å²) in [4.78, 5) is 5.64. The second-order valence-corrected chi connectivity index (χ2v) is 18.5. The van der Waals surface area contributed by atoms with E-state index >= 15 is 0 Å². The van der Waals surface area contributed by atoms with E-state index < -0.39 is 0 Å². The van der Waals surface area contributed by atoms with E-state index in [1.807, 2.05) is 0 Å². The van der Waals surface area contributed by atoms with Crippen molar-refractivity contribution < 1.29 is 0 Å². The number of para-hydroxylation sites is 1. The van der Waals surface area contributed by atoms with Gasteiger partial charge in [0.05, 0.1) is 11.2 Å². The Balaban J connectivity index is 1.00. The fraction of sp³-hybridized carbons (Fsp3) is 0.123. The topological polar surface area (TPSA) is 12.9 Å². The molecule has 0 amide bonds. The van der Waals surface area contributed by atoms with Crippen LogP contribution in [0.25, 0.3) is 110 Å². The van der Waals surface area contributed by atoms with Crippen molar-refractivity contribution in [3.63, 3.8) is 0 Å². The zero-order valence-electron chi connectivity index (χ0n) is 37.7. The zero-order chi connectivity index (χ0) is 44.2. The molecule has 0 saturated heterocycles. The molecule has 1 aromatic heterocycles. The number of pyridine rings is 1. The highest BCUT2D eigenvalue weighted by Gasteiger charge is 2.39. The Kier molecular flexibility index (Phi) is 9.94. The van der Waals surface area contributed by atoms with Gasteiger partial charge in [-0.2, -0.15) is 0 Å². The van der Waals surface area contributed by atoms with E-state index in [0.717, 1.165) is 39.7 Å². The van der Waals surface area contributed by atoms with Crippen molar-refractivity contribution >= 4 is 43.2 Å². The number of fused-ring (bicyclic) bond motifs is 7. The quantitative estimate of drug-likeness (QED) is 0.0987. The van der Waals surface area contributed by atoms with Crippen molar-refractivity contribution in [2.24, 2.45) is 0 Å². The molecule has 1 heterocycles. The van der Waals surface area contributed by atoms with Gasteiger partial charge in [-0.25, -0.2) is 4.98 Å². The second kappa shape index (κ2) is 16.4. The summed E-state index contributed by atoms with van der Waals surface area (Å²) in [5.74, 6) is 0. The highest BCUT2D eigenvalue weighted by molar-refractivity contribution is 6.23. The summed E-state index contributed by atoms with van der Waals surface area (Å²) in [6.45, 7) is 4.77. The first-order chi connectivity index (χ1) is 32.6.